The predicted octanol–water partition coefficient (Wildman–Crippen LogP) is 0.779. The summed E-state index contributed by atoms with van der Waals surface area (Å²) in [4.78, 5) is 2.23. The van der Waals surface area contributed by atoms with E-state index in [1.54, 1.807) is 0 Å². The van der Waals surface area contributed by atoms with Gasteiger partial charge in [0.15, 0.2) is 0 Å². The van der Waals surface area contributed by atoms with Gasteiger partial charge in [-0.3, -0.25) is 0 Å². The Balaban J connectivity index is 2.22. The van der Waals surface area contributed by atoms with Gasteiger partial charge in [-0.1, -0.05) is 0 Å². The Morgan fingerprint density at radius 3 is 2.12 bits per heavy atom. The van der Waals surface area contributed by atoms with Crippen LogP contribution in [0.1, 0.15) is 19.3 Å². The molecule has 0 amide bonds. The minimum absolute atomic E-state index is 1.19. The van der Waals surface area contributed by atoms with Gasteiger partial charge >= 0.3 is 57.4 Å². The average molecular weight is 156 g/mol. The van der Waals surface area contributed by atoms with Gasteiger partial charge in [-0.05, 0) is 0 Å². The quantitative estimate of drug-likeness (QED) is 0.507. The molecule has 0 aromatic carbocycles. The van der Waals surface area contributed by atoms with Gasteiger partial charge in [0.2, 0.25) is 0 Å². The van der Waals surface area contributed by atoms with Crippen LogP contribution in [0.5, 0.6) is 0 Å². The Labute approximate surface area is 58.0 Å². The molecule has 1 aliphatic heterocycles. The molecule has 0 bridgehead atoms. The maximum atomic E-state index is 4.51. The Morgan fingerprint density at radius 2 is 1.75 bits per heavy atom. The van der Waals surface area contributed by atoms with Crippen LogP contribution in [-0.2, 0) is 15.0 Å². The molecule has 0 saturated carbocycles. The third-order valence-electron chi connectivity index (χ3n) is 1.51. The molecule has 0 spiro atoms. The molecule has 0 aromatic heterocycles. The van der Waals surface area contributed by atoms with Crippen molar-refractivity contribution < 1.29 is 15.0 Å². The SMILES string of the molecule is [Ni]=[CH]N1CCCCC1. The zero-order valence-corrected chi connectivity index (χ0v) is 5.86. The van der Waals surface area contributed by atoms with Crippen LogP contribution in [0.2, 0.25) is 0 Å². The van der Waals surface area contributed by atoms with Gasteiger partial charge < -0.3 is 0 Å². The second-order valence-electron chi connectivity index (χ2n) is 2.18. The van der Waals surface area contributed by atoms with Crippen LogP contribution < -0.4 is 0 Å². The first-order chi connectivity index (χ1) is 3.93. The molecule has 0 aromatic rings. The van der Waals surface area contributed by atoms with Gasteiger partial charge in [0.05, 0.1) is 0 Å². The summed E-state index contributed by atoms with van der Waals surface area (Å²) < 4.78 is 0. The summed E-state index contributed by atoms with van der Waals surface area (Å²) in [6, 6.07) is 0. The van der Waals surface area contributed by atoms with Crippen LogP contribution in [0.4, 0.5) is 0 Å². The van der Waals surface area contributed by atoms with E-state index in [9.17, 15) is 0 Å². The van der Waals surface area contributed by atoms with Gasteiger partial charge in [0.1, 0.15) is 0 Å². The van der Waals surface area contributed by atoms with Crippen molar-refractivity contribution in [2.45, 2.75) is 19.3 Å². The molecule has 0 atom stereocenters. The van der Waals surface area contributed by atoms with Crippen LogP contribution in [-0.4, -0.2) is 23.1 Å². The average Bonchev–Trinajstić information content (AvgIpc) is 1.90. The van der Waals surface area contributed by atoms with Crippen molar-refractivity contribution >= 4 is 5.12 Å². The summed E-state index contributed by atoms with van der Waals surface area (Å²) in [5.74, 6) is 0. The molecule has 1 rings (SSSR count). The van der Waals surface area contributed by atoms with E-state index in [2.05, 4.69) is 19.9 Å². The molecule has 0 radical (unpaired) electrons. The van der Waals surface area contributed by atoms with Crippen LogP contribution in [0.25, 0.3) is 0 Å². The van der Waals surface area contributed by atoms with Gasteiger partial charge in [0, 0.05) is 0 Å². The van der Waals surface area contributed by atoms with E-state index in [-0.39, 0.29) is 0 Å². The second-order valence-corrected chi connectivity index (χ2v) is 2.43. The first-order valence-corrected chi connectivity index (χ1v) is 3.64. The topological polar surface area (TPSA) is 3.24 Å². The Hall–Kier alpha value is 0.324. The van der Waals surface area contributed by atoms with Crippen LogP contribution >= 0.6 is 0 Å². The fourth-order valence-electron chi connectivity index (χ4n) is 1.00. The van der Waals surface area contributed by atoms with E-state index in [0.29, 0.717) is 0 Å². The van der Waals surface area contributed by atoms with E-state index >= 15 is 0 Å². The van der Waals surface area contributed by atoms with E-state index < -0.39 is 0 Å². The third kappa shape index (κ3) is 1.68. The Morgan fingerprint density at radius 1 is 1.12 bits per heavy atom. The summed E-state index contributed by atoms with van der Waals surface area (Å²) in [6.45, 7) is 2.39. The van der Waals surface area contributed by atoms with E-state index in [1.165, 1.54) is 32.4 Å². The predicted molar refractivity (Wildman–Crippen MR) is 31.5 cm³/mol. The zero-order valence-electron chi connectivity index (χ0n) is 4.88. The molecule has 1 saturated heterocycles. The molecule has 8 heavy (non-hydrogen) atoms. The van der Waals surface area contributed by atoms with Crippen molar-refractivity contribution in [2.75, 3.05) is 13.1 Å². The Kier molecular flexibility index (Phi) is 2.71. The molecule has 0 unspecified atom stereocenters. The molecule has 50 valence electrons. The fraction of sp³-hybridized carbons (Fsp3) is 0.833. The van der Waals surface area contributed by atoms with Crippen molar-refractivity contribution in [3.63, 3.8) is 0 Å². The molecule has 0 aliphatic carbocycles. The third-order valence-corrected chi connectivity index (χ3v) is 1.87. The summed E-state index contributed by atoms with van der Waals surface area (Å²) in [6.07, 6.45) is 4.06. The second kappa shape index (κ2) is 3.37. The molecular weight excluding hydrogens is 145 g/mol. The summed E-state index contributed by atoms with van der Waals surface area (Å²) in [7, 11) is 0. The van der Waals surface area contributed by atoms with E-state index in [4.69, 9.17) is 0 Å². The normalized spacial score (nSPS) is 23.2. The number of likely N-dealkylation sites (tertiary alicyclic amines) is 1. The molecule has 1 nitrogen and oxygen atoms in total. The van der Waals surface area contributed by atoms with Crippen molar-refractivity contribution in [3.8, 4) is 0 Å². The van der Waals surface area contributed by atoms with Crippen LogP contribution in [0.3, 0.4) is 0 Å². The van der Waals surface area contributed by atoms with Crippen molar-refractivity contribution in [1.29, 1.82) is 0 Å². The number of rotatable bonds is 1. The maximum absolute atomic E-state index is 4.51. The fourth-order valence-corrected chi connectivity index (χ4v) is 1.26. The molecular formula is C6H11NNi. The summed E-state index contributed by atoms with van der Waals surface area (Å²) in [5.41, 5.74) is 0. The molecule has 1 heterocycles. The first kappa shape index (κ1) is 6.44. The van der Waals surface area contributed by atoms with Crippen molar-refractivity contribution in [1.82, 2.24) is 4.90 Å². The number of hydrogen-bond donors (Lipinski definition) is 0. The van der Waals surface area contributed by atoms with Gasteiger partial charge in [-0.25, -0.2) is 0 Å². The number of hydrogen-bond acceptors (Lipinski definition) is 1. The van der Waals surface area contributed by atoms with Crippen molar-refractivity contribution in [2.24, 2.45) is 0 Å². The summed E-state index contributed by atoms with van der Waals surface area (Å²) >= 11 is 4.51. The van der Waals surface area contributed by atoms with Gasteiger partial charge in [-0.15, -0.1) is 0 Å². The number of nitrogens with zero attached hydrogens (tertiary/aromatic N) is 1. The van der Waals surface area contributed by atoms with Gasteiger partial charge in [0.25, 0.3) is 0 Å². The first-order valence-electron chi connectivity index (χ1n) is 3.07. The Bertz CT molecular complexity index is 76.6. The molecule has 2 heteroatoms. The van der Waals surface area contributed by atoms with Gasteiger partial charge in [-0.2, -0.15) is 0 Å². The molecule has 1 fully saturated rings. The van der Waals surface area contributed by atoms with Crippen molar-refractivity contribution in [3.05, 3.63) is 0 Å². The minimum atomic E-state index is 1.19. The van der Waals surface area contributed by atoms with E-state index in [0.717, 1.165) is 0 Å². The zero-order chi connectivity index (χ0) is 5.82. The standard InChI is InChI=1S/C6H11N.Ni/c1-7-5-3-2-4-6-7;/h1H,2-6H2;. The van der Waals surface area contributed by atoms with Crippen LogP contribution in [0, 0.1) is 0 Å². The monoisotopic (exact) mass is 155 g/mol. The molecule has 0 N–H and O–H groups in total. The van der Waals surface area contributed by atoms with Crippen LogP contribution in [0.15, 0.2) is 0 Å². The molecule has 1 aliphatic rings. The van der Waals surface area contributed by atoms with E-state index in [1.807, 2.05) is 5.12 Å². The summed E-state index contributed by atoms with van der Waals surface area (Å²) in [5, 5.41) is 1.82. The number of piperidine rings is 1.